The van der Waals surface area contributed by atoms with Gasteiger partial charge in [0.15, 0.2) is 5.58 Å². The molecule has 1 unspecified atom stereocenters. The molecule has 2 N–H and O–H groups in total. The van der Waals surface area contributed by atoms with E-state index in [-0.39, 0.29) is 12.1 Å². The SMILES string of the molecule is CC(C)c1noc2cc(OCC(O)CNC(C)(C)C)ccc12. The fourth-order valence-corrected chi connectivity index (χ4v) is 2.12. The van der Waals surface area contributed by atoms with Crippen molar-refractivity contribution in [1.82, 2.24) is 10.5 Å². The first-order chi connectivity index (χ1) is 10.3. The van der Waals surface area contributed by atoms with Gasteiger partial charge in [0.25, 0.3) is 0 Å². The van der Waals surface area contributed by atoms with Crippen molar-refractivity contribution in [3.63, 3.8) is 0 Å². The van der Waals surface area contributed by atoms with Crippen LogP contribution in [0, 0.1) is 0 Å². The van der Waals surface area contributed by atoms with Crippen molar-refractivity contribution in [2.75, 3.05) is 13.2 Å². The fourth-order valence-electron chi connectivity index (χ4n) is 2.12. The summed E-state index contributed by atoms with van der Waals surface area (Å²) in [5.41, 5.74) is 1.65. The van der Waals surface area contributed by atoms with Crippen LogP contribution in [0.15, 0.2) is 22.7 Å². The van der Waals surface area contributed by atoms with Gasteiger partial charge < -0.3 is 19.7 Å². The van der Waals surface area contributed by atoms with Gasteiger partial charge in [-0.2, -0.15) is 0 Å². The smallest absolute Gasteiger partial charge is 0.170 e. The summed E-state index contributed by atoms with van der Waals surface area (Å²) in [6.07, 6.45) is -0.559. The van der Waals surface area contributed by atoms with Crippen LogP contribution < -0.4 is 10.1 Å². The van der Waals surface area contributed by atoms with Crippen LogP contribution in [-0.2, 0) is 0 Å². The molecule has 22 heavy (non-hydrogen) atoms. The Bertz CT molecular complexity index is 614. The monoisotopic (exact) mass is 306 g/mol. The molecule has 1 heterocycles. The third kappa shape index (κ3) is 4.45. The lowest BCUT2D eigenvalue weighted by atomic mass is 10.1. The molecule has 1 aromatic carbocycles. The number of benzene rings is 1. The Hall–Kier alpha value is -1.59. The highest BCUT2D eigenvalue weighted by molar-refractivity contribution is 5.81. The second kappa shape index (κ2) is 6.67. The lowest BCUT2D eigenvalue weighted by Gasteiger charge is -2.22. The van der Waals surface area contributed by atoms with Gasteiger partial charge in [0.05, 0.1) is 5.69 Å². The maximum Gasteiger partial charge on any atom is 0.170 e. The summed E-state index contributed by atoms with van der Waals surface area (Å²) in [5.74, 6) is 0.993. The predicted octanol–water partition coefficient (Wildman–Crippen LogP) is 3.08. The molecule has 0 radical (unpaired) electrons. The molecule has 0 aliphatic heterocycles. The van der Waals surface area contributed by atoms with Crippen LogP contribution >= 0.6 is 0 Å². The van der Waals surface area contributed by atoms with Crippen LogP contribution in [0.3, 0.4) is 0 Å². The van der Waals surface area contributed by atoms with Crippen molar-refractivity contribution >= 4 is 11.0 Å². The van der Waals surface area contributed by atoms with Crippen molar-refractivity contribution in [2.24, 2.45) is 0 Å². The van der Waals surface area contributed by atoms with Gasteiger partial charge >= 0.3 is 0 Å². The minimum atomic E-state index is -0.559. The summed E-state index contributed by atoms with van der Waals surface area (Å²) in [5, 5.41) is 18.3. The van der Waals surface area contributed by atoms with E-state index in [1.54, 1.807) is 0 Å². The molecule has 1 aromatic heterocycles. The van der Waals surface area contributed by atoms with Gasteiger partial charge in [-0.1, -0.05) is 19.0 Å². The molecule has 2 aromatic rings. The molecule has 0 aliphatic carbocycles. The van der Waals surface area contributed by atoms with Crippen molar-refractivity contribution in [3.8, 4) is 5.75 Å². The zero-order valence-corrected chi connectivity index (χ0v) is 14.0. The number of aromatic nitrogens is 1. The average molecular weight is 306 g/mol. The van der Waals surface area contributed by atoms with E-state index in [4.69, 9.17) is 9.26 Å². The van der Waals surface area contributed by atoms with E-state index in [0.717, 1.165) is 11.1 Å². The summed E-state index contributed by atoms with van der Waals surface area (Å²) >= 11 is 0. The van der Waals surface area contributed by atoms with Crippen LogP contribution in [0.4, 0.5) is 0 Å². The minimum Gasteiger partial charge on any atom is -0.491 e. The number of hydrogen-bond donors (Lipinski definition) is 2. The molecule has 5 nitrogen and oxygen atoms in total. The van der Waals surface area contributed by atoms with Gasteiger partial charge in [-0.05, 0) is 38.8 Å². The van der Waals surface area contributed by atoms with Crippen LogP contribution in [-0.4, -0.2) is 35.1 Å². The molecule has 0 bridgehead atoms. The van der Waals surface area contributed by atoms with Crippen molar-refractivity contribution in [3.05, 3.63) is 23.9 Å². The summed E-state index contributed by atoms with van der Waals surface area (Å²) < 4.78 is 11.0. The van der Waals surface area contributed by atoms with Crippen LogP contribution in [0.2, 0.25) is 0 Å². The normalized spacial score (nSPS) is 13.8. The Kier molecular flexibility index (Phi) is 5.08. The first-order valence-electron chi connectivity index (χ1n) is 7.71. The number of β-amino-alcohol motifs (C(OH)–C–C–N with tert-alkyl or cyclic N) is 1. The number of fused-ring (bicyclic) bond motifs is 1. The molecule has 0 aliphatic rings. The molecule has 2 rings (SSSR count). The van der Waals surface area contributed by atoms with E-state index in [9.17, 15) is 5.11 Å². The molecule has 1 atom stereocenters. The molecule has 0 fully saturated rings. The Morgan fingerprint density at radius 1 is 1.32 bits per heavy atom. The van der Waals surface area contributed by atoms with Crippen molar-refractivity contribution < 1.29 is 14.4 Å². The van der Waals surface area contributed by atoms with Crippen LogP contribution in [0.1, 0.15) is 46.2 Å². The zero-order chi connectivity index (χ0) is 16.3. The zero-order valence-electron chi connectivity index (χ0n) is 14.0. The fraction of sp³-hybridized carbons (Fsp3) is 0.588. The summed E-state index contributed by atoms with van der Waals surface area (Å²) in [6.45, 7) is 11.1. The number of ether oxygens (including phenoxy) is 1. The van der Waals surface area contributed by atoms with E-state index in [1.165, 1.54) is 0 Å². The van der Waals surface area contributed by atoms with E-state index >= 15 is 0 Å². The van der Waals surface area contributed by atoms with E-state index in [1.807, 2.05) is 18.2 Å². The van der Waals surface area contributed by atoms with Crippen molar-refractivity contribution in [1.29, 1.82) is 0 Å². The summed E-state index contributed by atoms with van der Waals surface area (Å²) in [6, 6.07) is 5.66. The van der Waals surface area contributed by atoms with E-state index in [0.29, 0.717) is 23.8 Å². The second-order valence-corrected chi connectivity index (χ2v) is 6.98. The molecule has 0 saturated carbocycles. The molecular weight excluding hydrogens is 280 g/mol. The highest BCUT2D eigenvalue weighted by atomic mass is 16.5. The van der Waals surface area contributed by atoms with E-state index < -0.39 is 6.10 Å². The minimum absolute atomic E-state index is 0.0209. The topological polar surface area (TPSA) is 67.5 Å². The first kappa shape index (κ1) is 16.8. The standard InChI is InChI=1S/C17H26N2O3/c1-11(2)16-14-7-6-13(8-15(14)22-19-16)21-10-12(20)9-18-17(3,4)5/h6-8,11-12,18,20H,9-10H2,1-5H3. The van der Waals surface area contributed by atoms with Gasteiger partial charge in [-0.3, -0.25) is 0 Å². The Morgan fingerprint density at radius 2 is 2.05 bits per heavy atom. The van der Waals surface area contributed by atoms with Crippen molar-refractivity contribution in [2.45, 2.75) is 52.2 Å². The van der Waals surface area contributed by atoms with E-state index in [2.05, 4.69) is 45.1 Å². The van der Waals surface area contributed by atoms with Gasteiger partial charge in [0.1, 0.15) is 18.5 Å². The number of nitrogens with one attached hydrogen (secondary N) is 1. The number of aliphatic hydroxyl groups excluding tert-OH is 1. The molecule has 122 valence electrons. The van der Waals surface area contributed by atoms with Gasteiger partial charge in [-0.25, -0.2) is 0 Å². The maximum atomic E-state index is 9.94. The molecule has 0 spiro atoms. The molecular formula is C17H26N2O3. The third-order valence-electron chi connectivity index (χ3n) is 3.33. The highest BCUT2D eigenvalue weighted by Crippen LogP contribution is 2.27. The number of rotatable bonds is 6. The predicted molar refractivity (Wildman–Crippen MR) is 87.4 cm³/mol. The Morgan fingerprint density at radius 3 is 2.68 bits per heavy atom. The lowest BCUT2D eigenvalue weighted by Crippen LogP contribution is -2.42. The summed E-state index contributed by atoms with van der Waals surface area (Å²) in [7, 11) is 0. The Labute approximate surface area is 131 Å². The molecule has 0 saturated heterocycles. The number of hydrogen-bond acceptors (Lipinski definition) is 5. The number of aliphatic hydroxyl groups is 1. The molecule has 5 heteroatoms. The van der Waals surface area contributed by atoms with Gasteiger partial charge in [0, 0.05) is 23.5 Å². The quantitative estimate of drug-likeness (QED) is 0.858. The van der Waals surface area contributed by atoms with Crippen LogP contribution in [0.5, 0.6) is 5.75 Å². The first-order valence-corrected chi connectivity index (χ1v) is 7.71. The largest absolute Gasteiger partial charge is 0.491 e. The number of nitrogens with zero attached hydrogens (tertiary/aromatic N) is 1. The summed E-state index contributed by atoms with van der Waals surface area (Å²) in [4.78, 5) is 0. The van der Waals surface area contributed by atoms with Crippen LogP contribution in [0.25, 0.3) is 11.0 Å². The average Bonchev–Trinajstić information content (AvgIpc) is 2.85. The Balaban J connectivity index is 1.95. The van der Waals surface area contributed by atoms with Gasteiger partial charge in [-0.15, -0.1) is 0 Å². The lowest BCUT2D eigenvalue weighted by molar-refractivity contribution is 0.100. The van der Waals surface area contributed by atoms with Gasteiger partial charge in [0.2, 0.25) is 0 Å². The molecule has 0 amide bonds. The maximum absolute atomic E-state index is 9.94. The second-order valence-electron chi connectivity index (χ2n) is 6.98. The third-order valence-corrected chi connectivity index (χ3v) is 3.33. The highest BCUT2D eigenvalue weighted by Gasteiger charge is 2.14.